The van der Waals surface area contributed by atoms with Crippen LogP contribution in [0.15, 0.2) is 47.4 Å². The summed E-state index contributed by atoms with van der Waals surface area (Å²) in [5.74, 6) is -0.0292. The van der Waals surface area contributed by atoms with Gasteiger partial charge in [-0.3, -0.25) is 4.79 Å². The second kappa shape index (κ2) is 8.00. The maximum atomic E-state index is 12.9. The minimum atomic E-state index is -3.69. The molecule has 0 aliphatic carbocycles. The van der Waals surface area contributed by atoms with Gasteiger partial charge in [0.05, 0.1) is 4.90 Å². The van der Waals surface area contributed by atoms with Crippen molar-refractivity contribution in [1.29, 1.82) is 0 Å². The van der Waals surface area contributed by atoms with E-state index in [2.05, 4.69) is 4.72 Å². The van der Waals surface area contributed by atoms with Gasteiger partial charge in [0.1, 0.15) is 0 Å². The zero-order chi connectivity index (χ0) is 19.6. The Morgan fingerprint density at radius 2 is 1.93 bits per heavy atom. The monoisotopic (exact) mass is 406 g/mol. The van der Waals surface area contributed by atoms with E-state index in [1.165, 1.54) is 6.92 Å². The Balaban J connectivity index is 1.88. The third-order valence-corrected chi connectivity index (χ3v) is 6.56. The molecule has 1 aliphatic heterocycles. The number of amides is 1. The SMILES string of the molecule is CC[C@H](NS(=O)(=O)c1ccc2c(c1)CCCN2C(C)=O)c1ccc(Cl)cc1. The summed E-state index contributed by atoms with van der Waals surface area (Å²) in [4.78, 5) is 13.7. The van der Waals surface area contributed by atoms with E-state index in [4.69, 9.17) is 11.6 Å². The molecule has 1 heterocycles. The summed E-state index contributed by atoms with van der Waals surface area (Å²) in [6, 6.07) is 11.8. The van der Waals surface area contributed by atoms with Crippen molar-refractivity contribution in [3.05, 3.63) is 58.6 Å². The Morgan fingerprint density at radius 1 is 1.22 bits per heavy atom. The van der Waals surface area contributed by atoms with Crippen LogP contribution in [0.4, 0.5) is 5.69 Å². The van der Waals surface area contributed by atoms with Crippen LogP contribution in [0.1, 0.15) is 43.9 Å². The van der Waals surface area contributed by atoms with Gasteiger partial charge in [0.2, 0.25) is 15.9 Å². The maximum Gasteiger partial charge on any atom is 0.241 e. The summed E-state index contributed by atoms with van der Waals surface area (Å²) >= 11 is 5.92. The number of rotatable bonds is 5. The number of nitrogens with zero attached hydrogens (tertiary/aromatic N) is 1. The first-order valence-corrected chi connectivity index (χ1v) is 10.9. The smallest absolute Gasteiger partial charge is 0.241 e. The van der Waals surface area contributed by atoms with Crippen molar-refractivity contribution in [1.82, 2.24) is 4.72 Å². The van der Waals surface area contributed by atoms with Gasteiger partial charge in [0.15, 0.2) is 0 Å². The molecule has 1 aliphatic rings. The summed E-state index contributed by atoms with van der Waals surface area (Å²) in [7, 11) is -3.69. The molecule has 0 unspecified atom stereocenters. The molecule has 0 spiro atoms. The van der Waals surface area contributed by atoms with Crippen LogP contribution < -0.4 is 9.62 Å². The van der Waals surface area contributed by atoms with Crippen molar-refractivity contribution in [3.63, 3.8) is 0 Å². The molecule has 144 valence electrons. The molecule has 0 saturated heterocycles. The first-order chi connectivity index (χ1) is 12.8. The molecule has 0 radical (unpaired) electrons. The number of aryl methyl sites for hydroxylation is 1. The van der Waals surface area contributed by atoms with Crippen LogP contribution in [0.25, 0.3) is 0 Å². The normalized spacial score (nSPS) is 15.3. The van der Waals surface area contributed by atoms with Crippen molar-refractivity contribution < 1.29 is 13.2 Å². The Kier molecular flexibility index (Phi) is 5.89. The van der Waals surface area contributed by atoms with Crippen LogP contribution in [0.5, 0.6) is 0 Å². The van der Waals surface area contributed by atoms with E-state index in [-0.39, 0.29) is 16.8 Å². The molecule has 2 aromatic carbocycles. The summed E-state index contributed by atoms with van der Waals surface area (Å²) in [5.41, 5.74) is 2.56. The lowest BCUT2D eigenvalue weighted by Crippen LogP contribution is -2.34. The zero-order valence-corrected chi connectivity index (χ0v) is 17.0. The number of nitrogens with one attached hydrogen (secondary N) is 1. The standard InChI is InChI=1S/C20H23ClN2O3S/c1-3-19(15-6-8-17(21)9-7-15)22-27(25,26)18-10-11-20-16(13-18)5-4-12-23(20)14(2)24/h6-11,13,19,22H,3-5,12H2,1-2H3/t19-/m0/s1. The second-order valence-electron chi connectivity index (χ2n) is 6.70. The number of hydrogen-bond donors (Lipinski definition) is 1. The highest BCUT2D eigenvalue weighted by Gasteiger charge is 2.25. The van der Waals surface area contributed by atoms with Gasteiger partial charge in [-0.25, -0.2) is 13.1 Å². The molecular formula is C20H23ClN2O3S. The highest BCUT2D eigenvalue weighted by atomic mass is 35.5. The van der Waals surface area contributed by atoms with Crippen molar-refractivity contribution in [2.24, 2.45) is 0 Å². The number of anilines is 1. The van der Waals surface area contributed by atoms with Crippen LogP contribution in [0, 0.1) is 0 Å². The third kappa shape index (κ3) is 4.34. The van der Waals surface area contributed by atoms with Gasteiger partial charge in [-0.1, -0.05) is 30.7 Å². The fraction of sp³-hybridized carbons (Fsp3) is 0.350. The first kappa shape index (κ1) is 19.9. The first-order valence-electron chi connectivity index (χ1n) is 9.00. The fourth-order valence-corrected chi connectivity index (χ4v) is 4.89. The van der Waals surface area contributed by atoms with E-state index < -0.39 is 10.0 Å². The molecule has 27 heavy (non-hydrogen) atoms. The molecule has 1 N–H and O–H groups in total. The zero-order valence-electron chi connectivity index (χ0n) is 15.4. The fourth-order valence-electron chi connectivity index (χ4n) is 3.41. The van der Waals surface area contributed by atoms with Crippen molar-refractivity contribution in [2.75, 3.05) is 11.4 Å². The summed E-state index contributed by atoms with van der Waals surface area (Å²) in [5, 5.41) is 0.612. The third-order valence-electron chi connectivity index (χ3n) is 4.84. The van der Waals surface area contributed by atoms with E-state index in [9.17, 15) is 13.2 Å². The van der Waals surface area contributed by atoms with Crippen molar-refractivity contribution >= 4 is 33.2 Å². The number of fused-ring (bicyclic) bond motifs is 1. The van der Waals surface area contributed by atoms with Crippen LogP contribution in [-0.4, -0.2) is 20.9 Å². The van der Waals surface area contributed by atoms with Gasteiger partial charge < -0.3 is 4.90 Å². The lowest BCUT2D eigenvalue weighted by Gasteiger charge is -2.29. The van der Waals surface area contributed by atoms with Gasteiger partial charge >= 0.3 is 0 Å². The minimum Gasteiger partial charge on any atom is -0.312 e. The topological polar surface area (TPSA) is 66.5 Å². The predicted octanol–water partition coefficient (Wildman–Crippen LogP) is 4.07. The molecule has 2 aromatic rings. The summed E-state index contributed by atoms with van der Waals surface area (Å²) in [6.07, 6.45) is 2.20. The van der Waals surface area contributed by atoms with Gasteiger partial charge in [0.25, 0.3) is 0 Å². The van der Waals surface area contributed by atoms with E-state index in [0.717, 1.165) is 29.7 Å². The number of carbonyl (C=O) groups is 1. The number of carbonyl (C=O) groups excluding carboxylic acids is 1. The largest absolute Gasteiger partial charge is 0.312 e. The van der Waals surface area contributed by atoms with E-state index in [1.807, 2.05) is 19.1 Å². The molecule has 3 rings (SSSR count). The van der Waals surface area contributed by atoms with Crippen LogP contribution in [0.3, 0.4) is 0 Å². The Labute approximate surface area is 165 Å². The summed E-state index contributed by atoms with van der Waals surface area (Å²) in [6.45, 7) is 4.12. The van der Waals surface area contributed by atoms with Crippen LogP contribution in [0.2, 0.25) is 5.02 Å². The maximum absolute atomic E-state index is 12.9. The Morgan fingerprint density at radius 3 is 2.56 bits per heavy atom. The molecule has 0 saturated carbocycles. The molecule has 0 bridgehead atoms. The van der Waals surface area contributed by atoms with Crippen molar-refractivity contribution in [2.45, 2.75) is 44.0 Å². The molecule has 7 heteroatoms. The Hall–Kier alpha value is -1.89. The average molecular weight is 407 g/mol. The Bertz CT molecular complexity index is 942. The van der Waals surface area contributed by atoms with Gasteiger partial charge in [-0.05, 0) is 60.7 Å². The van der Waals surface area contributed by atoms with E-state index in [1.54, 1.807) is 35.2 Å². The number of hydrogen-bond acceptors (Lipinski definition) is 3. The summed E-state index contributed by atoms with van der Waals surface area (Å²) < 4.78 is 28.6. The van der Waals surface area contributed by atoms with Crippen LogP contribution in [-0.2, 0) is 21.2 Å². The molecule has 0 aromatic heterocycles. The molecule has 5 nitrogen and oxygen atoms in total. The quantitative estimate of drug-likeness (QED) is 0.813. The second-order valence-corrected chi connectivity index (χ2v) is 8.85. The number of sulfonamides is 1. The molecule has 0 fully saturated rings. The molecular weight excluding hydrogens is 384 g/mol. The van der Waals surface area contributed by atoms with Gasteiger partial charge in [-0.15, -0.1) is 0 Å². The minimum absolute atomic E-state index is 0.0292. The van der Waals surface area contributed by atoms with Gasteiger partial charge in [-0.2, -0.15) is 0 Å². The number of benzene rings is 2. The molecule has 1 amide bonds. The number of halogens is 1. The van der Waals surface area contributed by atoms with E-state index in [0.29, 0.717) is 18.0 Å². The predicted molar refractivity (Wildman–Crippen MR) is 108 cm³/mol. The lowest BCUT2D eigenvalue weighted by atomic mass is 10.0. The highest BCUT2D eigenvalue weighted by Crippen LogP contribution is 2.30. The highest BCUT2D eigenvalue weighted by molar-refractivity contribution is 7.89. The van der Waals surface area contributed by atoms with Crippen LogP contribution >= 0.6 is 11.6 Å². The average Bonchev–Trinajstić information content (AvgIpc) is 2.65. The lowest BCUT2D eigenvalue weighted by molar-refractivity contribution is -0.116. The molecule has 1 atom stereocenters. The van der Waals surface area contributed by atoms with Gasteiger partial charge in [0, 0.05) is 30.2 Å². The van der Waals surface area contributed by atoms with E-state index >= 15 is 0 Å². The van der Waals surface area contributed by atoms with Crippen molar-refractivity contribution in [3.8, 4) is 0 Å².